The zero-order chi connectivity index (χ0) is 21.1. The van der Waals surface area contributed by atoms with Gasteiger partial charge in [0.1, 0.15) is 17.4 Å². The summed E-state index contributed by atoms with van der Waals surface area (Å²) >= 11 is 3.40. The highest BCUT2D eigenvalue weighted by atomic mass is 79.9. The van der Waals surface area contributed by atoms with E-state index >= 15 is 0 Å². The molecule has 2 heterocycles. The van der Waals surface area contributed by atoms with Gasteiger partial charge in [-0.3, -0.25) is 9.69 Å². The minimum atomic E-state index is -0.527. The number of carbonyl (C=O) groups excluding carboxylic acids is 1. The van der Waals surface area contributed by atoms with Crippen LogP contribution in [0.5, 0.6) is 5.75 Å². The maximum Gasteiger partial charge on any atom is 0.263 e. The van der Waals surface area contributed by atoms with E-state index in [-0.39, 0.29) is 5.91 Å². The first-order valence-corrected chi connectivity index (χ1v) is 10.7. The van der Waals surface area contributed by atoms with Gasteiger partial charge < -0.3 is 15.4 Å². The van der Waals surface area contributed by atoms with Gasteiger partial charge in [0.2, 0.25) is 0 Å². The number of anilines is 1. The van der Waals surface area contributed by atoms with E-state index in [1.165, 1.54) is 0 Å². The first-order valence-electron chi connectivity index (χ1n) is 9.94. The van der Waals surface area contributed by atoms with E-state index in [1.54, 1.807) is 6.92 Å². The number of carbonyl (C=O) groups is 1. The van der Waals surface area contributed by atoms with Crippen LogP contribution in [0.25, 0.3) is 10.9 Å². The molecule has 30 heavy (non-hydrogen) atoms. The number of amides is 1. The van der Waals surface area contributed by atoms with Gasteiger partial charge in [-0.15, -0.1) is 0 Å². The quantitative estimate of drug-likeness (QED) is 0.617. The van der Waals surface area contributed by atoms with Crippen LogP contribution in [0, 0.1) is 0 Å². The number of hydrogen-bond donors (Lipinski definition) is 1. The average molecular weight is 470 g/mol. The number of aromatic nitrogens is 2. The number of fused-ring (bicyclic) bond motifs is 1. The lowest BCUT2D eigenvalue weighted by Crippen LogP contribution is -2.51. The third kappa shape index (κ3) is 4.71. The molecule has 1 saturated heterocycles. The SMILES string of the molecule is C[C@@H](Oc1ccc(Br)cc1)C(=O)N1CCN(Cc2nc(N)c3ccccc3n2)CC1. The first kappa shape index (κ1) is 20.6. The minimum Gasteiger partial charge on any atom is -0.481 e. The van der Waals surface area contributed by atoms with Crippen molar-refractivity contribution in [2.24, 2.45) is 0 Å². The summed E-state index contributed by atoms with van der Waals surface area (Å²) in [6.45, 7) is 5.22. The van der Waals surface area contributed by atoms with E-state index in [4.69, 9.17) is 10.5 Å². The van der Waals surface area contributed by atoms with Crippen molar-refractivity contribution >= 4 is 38.6 Å². The number of nitrogens with zero attached hydrogens (tertiary/aromatic N) is 4. The lowest BCUT2D eigenvalue weighted by atomic mass is 10.2. The molecule has 2 aromatic carbocycles. The standard InChI is InChI=1S/C22H24BrN5O2/c1-15(30-17-8-6-16(23)7-9-17)22(29)28-12-10-27(11-13-28)14-20-25-19-5-3-2-4-18(19)21(24)26-20/h2-9,15H,10-14H2,1H3,(H2,24,25,26)/t15-/m1/s1. The van der Waals surface area contributed by atoms with Crippen LogP contribution < -0.4 is 10.5 Å². The predicted molar refractivity (Wildman–Crippen MR) is 120 cm³/mol. The van der Waals surface area contributed by atoms with Gasteiger partial charge in [-0.1, -0.05) is 28.1 Å². The number of piperazine rings is 1. The van der Waals surface area contributed by atoms with Crippen molar-refractivity contribution in [2.45, 2.75) is 19.6 Å². The van der Waals surface area contributed by atoms with Crippen LogP contribution >= 0.6 is 15.9 Å². The van der Waals surface area contributed by atoms with Crippen molar-refractivity contribution in [1.82, 2.24) is 19.8 Å². The fourth-order valence-corrected chi connectivity index (χ4v) is 3.84. The van der Waals surface area contributed by atoms with Crippen LogP contribution in [-0.4, -0.2) is 58.0 Å². The van der Waals surface area contributed by atoms with E-state index in [0.717, 1.165) is 28.5 Å². The van der Waals surface area contributed by atoms with Gasteiger partial charge in [-0.05, 0) is 43.3 Å². The Labute approximate surface area is 184 Å². The molecule has 1 amide bonds. The molecule has 7 nitrogen and oxygen atoms in total. The number of rotatable bonds is 5. The summed E-state index contributed by atoms with van der Waals surface area (Å²) in [6.07, 6.45) is -0.527. The molecule has 1 aromatic heterocycles. The molecule has 0 aliphatic carbocycles. The van der Waals surface area contributed by atoms with E-state index < -0.39 is 6.10 Å². The maximum absolute atomic E-state index is 12.8. The van der Waals surface area contributed by atoms with Gasteiger partial charge in [0, 0.05) is 36.0 Å². The van der Waals surface area contributed by atoms with Crippen molar-refractivity contribution in [2.75, 3.05) is 31.9 Å². The van der Waals surface area contributed by atoms with Crippen LogP contribution in [0.3, 0.4) is 0 Å². The highest BCUT2D eigenvalue weighted by molar-refractivity contribution is 9.10. The molecule has 0 spiro atoms. The molecule has 3 aromatic rings. The fourth-order valence-electron chi connectivity index (χ4n) is 3.57. The highest BCUT2D eigenvalue weighted by Gasteiger charge is 2.26. The molecule has 1 atom stereocenters. The second-order valence-electron chi connectivity index (χ2n) is 7.36. The summed E-state index contributed by atoms with van der Waals surface area (Å²) in [5.41, 5.74) is 6.94. The topological polar surface area (TPSA) is 84.6 Å². The van der Waals surface area contributed by atoms with E-state index in [2.05, 4.69) is 30.8 Å². The molecule has 0 saturated carbocycles. The molecule has 0 bridgehead atoms. The average Bonchev–Trinajstić information content (AvgIpc) is 2.75. The van der Waals surface area contributed by atoms with Gasteiger partial charge in [0.05, 0.1) is 12.1 Å². The lowest BCUT2D eigenvalue weighted by molar-refractivity contribution is -0.139. The minimum absolute atomic E-state index is 0.00349. The van der Waals surface area contributed by atoms with Gasteiger partial charge in [0.25, 0.3) is 5.91 Å². The van der Waals surface area contributed by atoms with Gasteiger partial charge in [-0.2, -0.15) is 0 Å². The zero-order valence-corrected chi connectivity index (χ0v) is 18.4. The lowest BCUT2D eigenvalue weighted by Gasteiger charge is -2.35. The number of halogens is 1. The van der Waals surface area contributed by atoms with Crippen LogP contribution in [0.1, 0.15) is 12.7 Å². The van der Waals surface area contributed by atoms with E-state index in [1.807, 2.05) is 53.4 Å². The smallest absolute Gasteiger partial charge is 0.263 e. The number of nitrogens with two attached hydrogens (primary N) is 1. The molecular weight excluding hydrogens is 446 g/mol. The third-order valence-corrected chi connectivity index (χ3v) is 5.73. The number of benzene rings is 2. The molecule has 4 rings (SSSR count). The van der Waals surface area contributed by atoms with Crippen molar-refractivity contribution in [3.05, 3.63) is 58.8 Å². The van der Waals surface area contributed by atoms with Crippen LogP contribution in [-0.2, 0) is 11.3 Å². The van der Waals surface area contributed by atoms with Crippen molar-refractivity contribution < 1.29 is 9.53 Å². The number of nitrogen functional groups attached to an aromatic ring is 1. The first-order chi connectivity index (χ1) is 14.5. The Morgan fingerprint density at radius 2 is 1.80 bits per heavy atom. The second-order valence-corrected chi connectivity index (χ2v) is 8.27. The summed E-state index contributed by atoms with van der Waals surface area (Å²) in [5.74, 6) is 1.90. The Kier molecular flexibility index (Phi) is 6.15. The number of para-hydroxylation sites is 1. The third-order valence-electron chi connectivity index (χ3n) is 5.20. The van der Waals surface area contributed by atoms with Crippen LogP contribution in [0.15, 0.2) is 53.0 Å². The van der Waals surface area contributed by atoms with Gasteiger partial charge in [-0.25, -0.2) is 9.97 Å². The van der Waals surface area contributed by atoms with E-state index in [9.17, 15) is 4.79 Å². The molecule has 1 aliphatic heterocycles. The maximum atomic E-state index is 12.8. The van der Waals surface area contributed by atoms with Gasteiger partial charge >= 0.3 is 0 Å². The molecule has 156 valence electrons. The summed E-state index contributed by atoms with van der Waals surface area (Å²) < 4.78 is 6.78. The Morgan fingerprint density at radius 1 is 1.10 bits per heavy atom. The second kappa shape index (κ2) is 8.97. The summed E-state index contributed by atoms with van der Waals surface area (Å²) in [6, 6.07) is 15.2. The van der Waals surface area contributed by atoms with E-state index in [0.29, 0.717) is 37.0 Å². The Hall–Kier alpha value is -2.71. The van der Waals surface area contributed by atoms with Crippen molar-refractivity contribution in [3.8, 4) is 5.75 Å². The van der Waals surface area contributed by atoms with Crippen molar-refractivity contribution in [3.63, 3.8) is 0 Å². The normalized spacial score (nSPS) is 15.9. The number of hydrogen-bond acceptors (Lipinski definition) is 6. The largest absolute Gasteiger partial charge is 0.481 e. The molecule has 1 fully saturated rings. The molecule has 2 N–H and O–H groups in total. The summed E-state index contributed by atoms with van der Waals surface area (Å²) in [4.78, 5) is 25.9. The molecule has 8 heteroatoms. The Morgan fingerprint density at radius 3 is 2.53 bits per heavy atom. The number of ether oxygens (including phenoxy) is 1. The summed E-state index contributed by atoms with van der Waals surface area (Å²) in [5, 5.41) is 0.872. The zero-order valence-electron chi connectivity index (χ0n) is 16.8. The molecule has 0 radical (unpaired) electrons. The van der Waals surface area contributed by atoms with Crippen molar-refractivity contribution in [1.29, 1.82) is 0 Å². The summed E-state index contributed by atoms with van der Waals surface area (Å²) in [7, 11) is 0. The Balaban J connectivity index is 1.32. The highest BCUT2D eigenvalue weighted by Crippen LogP contribution is 2.19. The fraction of sp³-hybridized carbons (Fsp3) is 0.318. The Bertz CT molecular complexity index is 1040. The van der Waals surface area contributed by atoms with Gasteiger partial charge in [0.15, 0.2) is 6.10 Å². The molecular formula is C22H24BrN5O2. The van der Waals surface area contributed by atoms with Crippen LogP contribution in [0.4, 0.5) is 5.82 Å². The molecule has 1 aliphatic rings. The predicted octanol–water partition coefficient (Wildman–Crippen LogP) is 3.09. The van der Waals surface area contributed by atoms with Crippen LogP contribution in [0.2, 0.25) is 0 Å². The monoisotopic (exact) mass is 469 g/mol. The molecule has 0 unspecified atom stereocenters.